The molecule has 218 valence electrons. The Bertz CT molecular complexity index is 1830. The van der Waals surface area contributed by atoms with Gasteiger partial charge in [0.1, 0.15) is 29.6 Å². The van der Waals surface area contributed by atoms with Crippen LogP contribution in [0.2, 0.25) is 0 Å². The molecule has 1 aliphatic heterocycles. The molecule has 1 aliphatic rings. The number of sulfonamides is 1. The predicted molar refractivity (Wildman–Crippen MR) is 158 cm³/mol. The van der Waals surface area contributed by atoms with Gasteiger partial charge in [-0.2, -0.15) is 5.10 Å². The molecule has 0 amide bonds. The van der Waals surface area contributed by atoms with Crippen LogP contribution in [0, 0.1) is 5.82 Å². The summed E-state index contributed by atoms with van der Waals surface area (Å²) in [6.07, 6.45) is 8.86. The van der Waals surface area contributed by atoms with E-state index >= 15 is 0 Å². The first-order valence-corrected chi connectivity index (χ1v) is 15.3. The Morgan fingerprint density at radius 3 is 2.64 bits per heavy atom. The number of nitrogens with one attached hydrogen (secondary N) is 1. The van der Waals surface area contributed by atoms with Gasteiger partial charge in [0.25, 0.3) is 0 Å². The van der Waals surface area contributed by atoms with E-state index in [-0.39, 0.29) is 29.9 Å². The van der Waals surface area contributed by atoms with Crippen molar-refractivity contribution in [3.05, 3.63) is 78.7 Å². The topological polar surface area (TPSA) is 134 Å². The van der Waals surface area contributed by atoms with Crippen molar-refractivity contribution in [1.29, 1.82) is 0 Å². The number of aromatic nitrogens is 3. The van der Waals surface area contributed by atoms with Crippen LogP contribution >= 0.6 is 0 Å². The third-order valence-electron chi connectivity index (χ3n) is 7.35. The van der Waals surface area contributed by atoms with Crippen molar-refractivity contribution in [2.45, 2.75) is 32.4 Å². The van der Waals surface area contributed by atoms with Crippen LogP contribution in [0.15, 0.2) is 71.7 Å². The standard InChI is InChI=1S/C30H30FN5O5S/c1-2-42(37,38)35-26-8-5-20(13-27(26)40-17-19-3-6-22(31)7-4-19)25-18-41-29-24(15-33-30(32)28(25)29)21-14-34-36(16-21)23-9-11-39-12-10-23/h3-8,13-16,18,23,35H,2,9-12,17H2,1H3,(H2,32,33). The number of fused-ring (bicyclic) bond motifs is 1. The Balaban J connectivity index is 1.37. The second-order valence-corrected chi connectivity index (χ2v) is 12.1. The molecule has 12 heteroatoms. The monoisotopic (exact) mass is 591 g/mol. The zero-order chi connectivity index (χ0) is 29.3. The van der Waals surface area contributed by atoms with Gasteiger partial charge in [-0.15, -0.1) is 0 Å². The van der Waals surface area contributed by atoms with Crippen molar-refractivity contribution < 1.29 is 26.7 Å². The van der Waals surface area contributed by atoms with E-state index in [4.69, 9.17) is 19.6 Å². The Morgan fingerprint density at radius 2 is 1.88 bits per heavy atom. The van der Waals surface area contributed by atoms with Gasteiger partial charge in [-0.3, -0.25) is 9.40 Å². The maximum absolute atomic E-state index is 13.4. The van der Waals surface area contributed by atoms with Crippen LogP contribution in [0.1, 0.15) is 31.4 Å². The van der Waals surface area contributed by atoms with E-state index in [2.05, 4.69) is 14.8 Å². The first-order chi connectivity index (χ1) is 20.3. The van der Waals surface area contributed by atoms with Gasteiger partial charge < -0.3 is 19.6 Å². The molecule has 6 rings (SSSR count). The number of rotatable bonds is 9. The highest BCUT2D eigenvalue weighted by molar-refractivity contribution is 7.92. The summed E-state index contributed by atoms with van der Waals surface area (Å²) in [6.45, 7) is 3.07. The number of ether oxygens (including phenoxy) is 2. The minimum Gasteiger partial charge on any atom is -0.487 e. The third-order valence-corrected chi connectivity index (χ3v) is 8.64. The van der Waals surface area contributed by atoms with Crippen molar-refractivity contribution in [3.8, 4) is 28.0 Å². The lowest BCUT2D eigenvalue weighted by atomic mass is 10.0. The molecule has 4 heterocycles. The molecule has 2 aromatic carbocycles. The van der Waals surface area contributed by atoms with Crippen molar-refractivity contribution in [2.24, 2.45) is 0 Å². The minimum absolute atomic E-state index is 0.0989. The predicted octanol–water partition coefficient (Wildman–Crippen LogP) is 5.77. The molecule has 42 heavy (non-hydrogen) atoms. The number of hydrogen-bond acceptors (Lipinski definition) is 8. The molecule has 0 bridgehead atoms. The van der Waals surface area contributed by atoms with E-state index < -0.39 is 10.0 Å². The largest absolute Gasteiger partial charge is 0.487 e. The average Bonchev–Trinajstić information content (AvgIpc) is 3.67. The van der Waals surface area contributed by atoms with Gasteiger partial charge in [0.05, 0.1) is 35.3 Å². The number of furan rings is 1. The number of halogens is 1. The van der Waals surface area contributed by atoms with Crippen molar-refractivity contribution in [1.82, 2.24) is 14.8 Å². The lowest BCUT2D eigenvalue weighted by molar-refractivity contribution is 0.0662. The number of hydrogen-bond donors (Lipinski definition) is 2. The fraction of sp³-hybridized carbons (Fsp3) is 0.267. The number of anilines is 2. The number of nitrogens with two attached hydrogens (primary N) is 1. The fourth-order valence-electron chi connectivity index (χ4n) is 4.99. The summed E-state index contributed by atoms with van der Waals surface area (Å²) in [5.41, 5.74) is 10.9. The van der Waals surface area contributed by atoms with Crippen LogP contribution in [-0.2, 0) is 21.4 Å². The summed E-state index contributed by atoms with van der Waals surface area (Å²) in [5.74, 6) is 0.127. The Kier molecular flexibility index (Phi) is 7.56. The maximum atomic E-state index is 13.4. The summed E-state index contributed by atoms with van der Waals surface area (Å²) in [6, 6.07) is 11.3. The zero-order valence-electron chi connectivity index (χ0n) is 22.9. The highest BCUT2D eigenvalue weighted by Gasteiger charge is 2.22. The molecule has 3 N–H and O–H groups in total. The summed E-state index contributed by atoms with van der Waals surface area (Å²) >= 11 is 0. The van der Waals surface area contributed by atoms with Crippen LogP contribution in [0.3, 0.4) is 0 Å². The molecule has 1 fully saturated rings. The lowest BCUT2D eigenvalue weighted by Gasteiger charge is -2.22. The van der Waals surface area contributed by atoms with E-state index in [1.807, 2.05) is 10.9 Å². The van der Waals surface area contributed by atoms with E-state index in [1.54, 1.807) is 55.9 Å². The third kappa shape index (κ3) is 5.68. The number of benzene rings is 2. The molecule has 1 saturated heterocycles. The molecule has 0 unspecified atom stereocenters. The van der Waals surface area contributed by atoms with Gasteiger partial charge >= 0.3 is 0 Å². The highest BCUT2D eigenvalue weighted by atomic mass is 32.2. The molecule has 5 aromatic rings. The average molecular weight is 592 g/mol. The molecule has 10 nitrogen and oxygen atoms in total. The van der Waals surface area contributed by atoms with Gasteiger partial charge in [0.15, 0.2) is 0 Å². The summed E-state index contributed by atoms with van der Waals surface area (Å²) < 4.78 is 60.3. The Labute approximate surface area is 242 Å². The Hall–Kier alpha value is -4.42. The van der Waals surface area contributed by atoms with Gasteiger partial charge in [0, 0.05) is 42.3 Å². The molecule has 3 aromatic heterocycles. The first kappa shape index (κ1) is 27.7. The SMILES string of the molecule is CCS(=O)(=O)Nc1ccc(-c2coc3c(-c4cnn(C5CCOCC5)c4)cnc(N)c23)cc1OCc1ccc(F)cc1. The quantitative estimate of drug-likeness (QED) is 0.221. The van der Waals surface area contributed by atoms with E-state index in [0.717, 1.165) is 29.5 Å². The van der Waals surface area contributed by atoms with E-state index in [9.17, 15) is 12.8 Å². The molecular weight excluding hydrogens is 561 g/mol. The van der Waals surface area contributed by atoms with E-state index in [0.29, 0.717) is 46.9 Å². The lowest BCUT2D eigenvalue weighted by Crippen LogP contribution is -2.19. The van der Waals surface area contributed by atoms with Crippen LogP contribution < -0.4 is 15.2 Å². The second kappa shape index (κ2) is 11.5. The molecule has 0 radical (unpaired) electrons. The number of nitrogens with zero attached hydrogens (tertiary/aromatic N) is 3. The van der Waals surface area contributed by atoms with Gasteiger partial charge in [-0.1, -0.05) is 18.2 Å². The maximum Gasteiger partial charge on any atom is 0.232 e. The smallest absolute Gasteiger partial charge is 0.232 e. The van der Waals surface area contributed by atoms with Crippen molar-refractivity contribution >= 4 is 32.5 Å². The van der Waals surface area contributed by atoms with Crippen LogP contribution in [0.25, 0.3) is 33.2 Å². The van der Waals surface area contributed by atoms with Gasteiger partial charge in [0.2, 0.25) is 10.0 Å². The number of nitrogen functional groups attached to an aromatic ring is 1. The second-order valence-electron chi connectivity index (χ2n) is 10.1. The molecule has 0 spiro atoms. The van der Waals surface area contributed by atoms with Crippen LogP contribution in [-0.4, -0.2) is 42.1 Å². The van der Waals surface area contributed by atoms with Crippen LogP contribution in [0.5, 0.6) is 5.75 Å². The summed E-state index contributed by atoms with van der Waals surface area (Å²) in [5, 5.41) is 5.21. The molecule has 0 atom stereocenters. The van der Waals surface area contributed by atoms with Crippen LogP contribution in [0.4, 0.5) is 15.9 Å². The molecule has 0 saturated carbocycles. The Morgan fingerprint density at radius 1 is 1.10 bits per heavy atom. The van der Waals surface area contributed by atoms with Gasteiger partial charge in [-0.05, 0) is 55.2 Å². The fourth-order valence-corrected chi connectivity index (χ4v) is 5.64. The summed E-state index contributed by atoms with van der Waals surface area (Å²) in [4.78, 5) is 4.45. The highest BCUT2D eigenvalue weighted by Crippen LogP contribution is 2.41. The normalized spacial score (nSPS) is 14.3. The zero-order valence-corrected chi connectivity index (χ0v) is 23.7. The van der Waals surface area contributed by atoms with Crippen molar-refractivity contribution in [3.63, 3.8) is 0 Å². The molecule has 0 aliphatic carbocycles. The first-order valence-electron chi connectivity index (χ1n) is 13.6. The van der Waals surface area contributed by atoms with Gasteiger partial charge in [-0.25, -0.2) is 17.8 Å². The summed E-state index contributed by atoms with van der Waals surface area (Å²) in [7, 11) is -3.58. The minimum atomic E-state index is -3.58. The van der Waals surface area contributed by atoms with E-state index in [1.165, 1.54) is 12.1 Å². The van der Waals surface area contributed by atoms with Crippen molar-refractivity contribution in [2.75, 3.05) is 29.4 Å². The number of pyridine rings is 1. The molecular formula is C30H30FN5O5S.